The Hall–Kier alpha value is -1.19. The number of ether oxygens (including phenoxy) is 2. The average molecular weight is 721 g/mol. The Morgan fingerprint density at radius 2 is 1.30 bits per heavy atom. The summed E-state index contributed by atoms with van der Waals surface area (Å²) < 4.78 is 37.4. The van der Waals surface area contributed by atoms with Crippen LogP contribution in [0.3, 0.4) is 0 Å². The van der Waals surface area contributed by atoms with Crippen LogP contribution in [-0.2, 0) is 18.0 Å². The minimum absolute atomic E-state index is 0.0155. The Bertz CT molecular complexity index is 1450. The quantitative estimate of drug-likeness (QED) is 0.179. The fourth-order valence-electron chi connectivity index (χ4n) is 4.81. The average Bonchev–Trinajstić information content (AvgIpc) is 3.14. The van der Waals surface area contributed by atoms with Gasteiger partial charge in [-0.15, -0.1) is 0 Å². The molecule has 0 spiro atoms. The summed E-state index contributed by atoms with van der Waals surface area (Å²) in [5, 5.41) is 0.00281. The Labute approximate surface area is 294 Å². The number of aromatic nitrogens is 2. The van der Waals surface area contributed by atoms with E-state index in [1.54, 1.807) is 0 Å². The zero-order chi connectivity index (χ0) is 36.2. The van der Waals surface area contributed by atoms with Crippen molar-refractivity contribution in [3.8, 4) is 11.6 Å². The third-order valence-corrected chi connectivity index (χ3v) is 25.0. The van der Waals surface area contributed by atoms with Gasteiger partial charge in [0.2, 0.25) is 10.7 Å². The van der Waals surface area contributed by atoms with Crippen molar-refractivity contribution in [3.63, 3.8) is 0 Å². The largest absolute Gasteiger partial charge is 0.438 e. The first-order valence-electron chi connectivity index (χ1n) is 17.0. The van der Waals surface area contributed by atoms with Crippen molar-refractivity contribution >= 4 is 37.2 Å². The lowest BCUT2D eigenvalue weighted by Crippen LogP contribution is -2.58. The summed E-state index contributed by atoms with van der Waals surface area (Å²) in [5.74, 6) is 1.24. The number of para-hydroxylation sites is 1. The van der Waals surface area contributed by atoms with Crippen molar-refractivity contribution in [2.24, 2.45) is 0 Å². The van der Waals surface area contributed by atoms with Gasteiger partial charge in [0.05, 0.1) is 6.61 Å². The molecule has 1 fully saturated rings. The first kappa shape index (κ1) is 40.2. The minimum Gasteiger partial charge on any atom is -0.438 e. The molecule has 0 N–H and O–H groups in total. The molecule has 7 nitrogen and oxygen atoms in total. The van der Waals surface area contributed by atoms with Gasteiger partial charge in [-0.2, -0.15) is 4.98 Å². The SMILES string of the molecule is Cc1cccc(C)c1Oc1ccn([C@@H]2O[C@](C)(CO[Si](C)(C)C(C)(C)C)C(O[Si](C)(C)C(C)(C)C)C2O[Si](C)(C)C(C)(C)C)c(=S)n1. The van der Waals surface area contributed by atoms with Gasteiger partial charge in [0.1, 0.15) is 23.6 Å². The third kappa shape index (κ3) is 8.76. The van der Waals surface area contributed by atoms with E-state index in [9.17, 15) is 0 Å². The maximum absolute atomic E-state index is 7.38. The monoisotopic (exact) mass is 720 g/mol. The van der Waals surface area contributed by atoms with Gasteiger partial charge in [-0.1, -0.05) is 80.5 Å². The number of hydrogen-bond acceptors (Lipinski definition) is 7. The molecule has 3 rings (SSSR count). The van der Waals surface area contributed by atoms with Crippen LogP contribution in [0, 0.1) is 18.6 Å². The number of aryl methyl sites for hydroxylation is 2. The van der Waals surface area contributed by atoms with E-state index in [4.69, 9.17) is 40.0 Å². The molecule has 4 atom stereocenters. The normalized spacial score (nSPS) is 23.3. The predicted molar refractivity (Wildman–Crippen MR) is 205 cm³/mol. The molecule has 2 aromatic rings. The zero-order valence-corrected chi connectivity index (χ0v) is 36.5. The molecule has 1 aliphatic heterocycles. The van der Waals surface area contributed by atoms with Gasteiger partial charge < -0.3 is 22.8 Å². The molecule has 1 aromatic carbocycles. The second kappa shape index (κ2) is 13.5. The lowest BCUT2D eigenvalue weighted by Gasteiger charge is -2.46. The molecule has 1 aliphatic rings. The maximum atomic E-state index is 7.38. The fourth-order valence-corrected chi connectivity index (χ4v) is 8.79. The maximum Gasteiger partial charge on any atom is 0.223 e. The fraction of sp³-hybridized carbons (Fsp3) is 0.722. The second-order valence-corrected chi connectivity index (χ2v) is 33.0. The zero-order valence-electron chi connectivity index (χ0n) is 32.7. The molecule has 0 amide bonds. The van der Waals surface area contributed by atoms with Gasteiger partial charge in [-0.05, 0) is 98.5 Å². The van der Waals surface area contributed by atoms with Crippen molar-refractivity contribution in [2.75, 3.05) is 6.61 Å². The first-order chi connectivity index (χ1) is 21.0. The van der Waals surface area contributed by atoms with Crippen LogP contribution in [0.2, 0.25) is 54.4 Å². The molecule has 2 heterocycles. The van der Waals surface area contributed by atoms with Gasteiger partial charge in [0.25, 0.3) is 0 Å². The van der Waals surface area contributed by atoms with Crippen LogP contribution in [0.15, 0.2) is 30.5 Å². The molecule has 266 valence electrons. The van der Waals surface area contributed by atoms with Gasteiger partial charge >= 0.3 is 0 Å². The van der Waals surface area contributed by atoms with Crippen LogP contribution in [0.1, 0.15) is 86.6 Å². The van der Waals surface area contributed by atoms with Gasteiger partial charge in [0, 0.05) is 12.3 Å². The number of nitrogens with zero attached hydrogens (tertiary/aromatic N) is 2. The molecular formula is C36H64N2O5SSi3. The molecule has 1 saturated heterocycles. The van der Waals surface area contributed by atoms with E-state index in [0.717, 1.165) is 16.9 Å². The highest BCUT2D eigenvalue weighted by atomic mass is 32.1. The summed E-state index contributed by atoms with van der Waals surface area (Å²) in [7, 11) is -6.74. The molecule has 0 bridgehead atoms. The first-order valence-corrected chi connectivity index (χ1v) is 26.2. The lowest BCUT2D eigenvalue weighted by molar-refractivity contribution is -0.112. The second-order valence-electron chi connectivity index (χ2n) is 18.3. The highest BCUT2D eigenvalue weighted by Gasteiger charge is 2.60. The topological polar surface area (TPSA) is 64.0 Å². The van der Waals surface area contributed by atoms with Crippen LogP contribution in [0.5, 0.6) is 11.6 Å². The number of hydrogen-bond donors (Lipinski definition) is 0. The molecule has 0 radical (unpaired) electrons. The highest BCUT2D eigenvalue weighted by molar-refractivity contribution is 7.71. The Morgan fingerprint density at radius 3 is 1.77 bits per heavy atom. The Balaban J connectivity index is 2.18. The molecular weight excluding hydrogens is 657 g/mol. The molecule has 2 unspecified atom stereocenters. The van der Waals surface area contributed by atoms with Crippen molar-refractivity contribution in [3.05, 3.63) is 46.4 Å². The van der Waals surface area contributed by atoms with E-state index < -0.39 is 42.9 Å². The van der Waals surface area contributed by atoms with E-state index in [1.807, 2.05) is 48.9 Å². The summed E-state index contributed by atoms with van der Waals surface area (Å²) >= 11 is 5.97. The Kier molecular flexibility index (Phi) is 11.6. The number of rotatable bonds is 10. The molecule has 1 aromatic heterocycles. The van der Waals surface area contributed by atoms with Crippen LogP contribution >= 0.6 is 12.2 Å². The van der Waals surface area contributed by atoms with Crippen molar-refractivity contribution < 1.29 is 22.8 Å². The van der Waals surface area contributed by atoms with Gasteiger partial charge in [0.15, 0.2) is 31.2 Å². The van der Waals surface area contributed by atoms with Crippen molar-refractivity contribution in [1.82, 2.24) is 9.55 Å². The van der Waals surface area contributed by atoms with Gasteiger partial charge in [-0.3, -0.25) is 4.57 Å². The molecule has 0 aliphatic carbocycles. The third-order valence-electron chi connectivity index (χ3n) is 11.3. The highest BCUT2D eigenvalue weighted by Crippen LogP contribution is 2.50. The van der Waals surface area contributed by atoms with E-state index in [0.29, 0.717) is 17.3 Å². The summed E-state index contributed by atoms with van der Waals surface area (Å²) in [6.07, 6.45) is 0.534. The van der Waals surface area contributed by atoms with Gasteiger partial charge in [-0.25, -0.2) is 0 Å². The predicted octanol–water partition coefficient (Wildman–Crippen LogP) is 11.1. The summed E-state index contributed by atoms with van der Waals surface area (Å²) in [5.41, 5.74) is 1.28. The standard InChI is InChI=1S/C36H64N2O5SSi3/c1-25-20-19-21-26(2)28(25)40-27-22-23-38(32(44)37-27)31-29(42-46(15,16)34(6,7)8)30(43-47(17,18)35(9,10)11)36(12,41-31)24-39-45(13,14)33(3,4)5/h19-23,29-31H,24H2,1-18H3/t29?,30?,31-,36-/m1/s1. The smallest absolute Gasteiger partial charge is 0.223 e. The van der Waals surface area contributed by atoms with Crippen LogP contribution < -0.4 is 4.74 Å². The van der Waals surface area contributed by atoms with Crippen LogP contribution in [0.4, 0.5) is 0 Å². The number of benzene rings is 1. The summed E-state index contributed by atoms with van der Waals surface area (Å²) in [6.45, 7) is 40.7. The van der Waals surface area contributed by atoms with E-state index in [2.05, 4.69) is 109 Å². The molecule has 11 heteroatoms. The van der Waals surface area contributed by atoms with E-state index in [1.165, 1.54) is 0 Å². The molecule has 0 saturated carbocycles. The van der Waals surface area contributed by atoms with Crippen molar-refractivity contribution in [1.29, 1.82) is 0 Å². The van der Waals surface area contributed by atoms with E-state index in [-0.39, 0.29) is 21.2 Å². The van der Waals surface area contributed by atoms with Crippen molar-refractivity contribution in [2.45, 2.75) is 162 Å². The molecule has 47 heavy (non-hydrogen) atoms. The van der Waals surface area contributed by atoms with Crippen LogP contribution in [-0.4, -0.2) is 58.9 Å². The van der Waals surface area contributed by atoms with E-state index >= 15 is 0 Å². The summed E-state index contributed by atoms with van der Waals surface area (Å²) in [6, 6.07) is 7.95. The summed E-state index contributed by atoms with van der Waals surface area (Å²) in [4.78, 5) is 4.75. The minimum atomic E-state index is -2.32. The lowest BCUT2D eigenvalue weighted by atomic mass is 9.98. The Morgan fingerprint density at radius 1 is 0.809 bits per heavy atom. The van der Waals surface area contributed by atoms with Crippen LogP contribution in [0.25, 0.3) is 0 Å².